The first-order valence-corrected chi connectivity index (χ1v) is 12.9. The van der Waals surface area contributed by atoms with Gasteiger partial charge in [0.25, 0.3) is 0 Å². The van der Waals surface area contributed by atoms with Crippen molar-refractivity contribution in [1.29, 1.82) is 0 Å². The van der Waals surface area contributed by atoms with Gasteiger partial charge in [0.05, 0.1) is 17.1 Å². The Hall–Kier alpha value is -2.97. The number of sulfonamides is 1. The van der Waals surface area contributed by atoms with E-state index in [9.17, 15) is 13.2 Å². The maximum Gasteiger partial charge on any atom is 0.236 e. The SMILES string of the molecule is CCn1c(C(C)NC(=O)C2CCN(S(=O)(=O)/C=C/c3ccccc3)CC2)nc2ccccc21. The highest BCUT2D eigenvalue weighted by molar-refractivity contribution is 7.92. The monoisotopic (exact) mass is 466 g/mol. The first kappa shape index (κ1) is 23.2. The van der Waals surface area contributed by atoms with E-state index in [1.165, 1.54) is 9.71 Å². The maximum absolute atomic E-state index is 12.9. The van der Waals surface area contributed by atoms with Crippen molar-refractivity contribution in [3.05, 3.63) is 71.4 Å². The van der Waals surface area contributed by atoms with E-state index in [-0.39, 0.29) is 17.9 Å². The average Bonchev–Trinajstić information content (AvgIpc) is 3.22. The van der Waals surface area contributed by atoms with E-state index in [1.807, 2.05) is 61.5 Å². The number of nitrogens with zero attached hydrogens (tertiary/aromatic N) is 3. The molecule has 0 radical (unpaired) electrons. The van der Waals surface area contributed by atoms with Crippen molar-refractivity contribution in [3.8, 4) is 0 Å². The highest BCUT2D eigenvalue weighted by Crippen LogP contribution is 2.24. The van der Waals surface area contributed by atoms with Crippen molar-refractivity contribution >= 4 is 33.0 Å². The van der Waals surface area contributed by atoms with Gasteiger partial charge in [-0.3, -0.25) is 4.79 Å². The molecule has 0 aliphatic carbocycles. The quantitative estimate of drug-likeness (QED) is 0.572. The van der Waals surface area contributed by atoms with Gasteiger partial charge in [-0.25, -0.2) is 13.4 Å². The lowest BCUT2D eigenvalue weighted by atomic mass is 9.97. The number of hydrogen-bond acceptors (Lipinski definition) is 4. The molecule has 8 heteroatoms. The summed E-state index contributed by atoms with van der Waals surface area (Å²) >= 11 is 0. The van der Waals surface area contributed by atoms with Crippen LogP contribution in [-0.2, 0) is 21.4 Å². The van der Waals surface area contributed by atoms with Gasteiger partial charge in [-0.15, -0.1) is 0 Å². The fourth-order valence-corrected chi connectivity index (χ4v) is 5.56. The van der Waals surface area contributed by atoms with Gasteiger partial charge >= 0.3 is 0 Å². The molecule has 1 fully saturated rings. The fraction of sp³-hybridized carbons (Fsp3) is 0.360. The Morgan fingerprint density at radius 2 is 1.79 bits per heavy atom. The Labute approximate surface area is 195 Å². The van der Waals surface area contributed by atoms with Crippen LogP contribution in [-0.4, -0.2) is 41.3 Å². The van der Waals surface area contributed by atoms with Crippen LogP contribution in [0.4, 0.5) is 0 Å². The number of aromatic nitrogens is 2. The number of nitrogens with one attached hydrogen (secondary N) is 1. The van der Waals surface area contributed by atoms with E-state index in [2.05, 4.69) is 16.8 Å². The number of amides is 1. The largest absolute Gasteiger partial charge is 0.346 e. The van der Waals surface area contributed by atoms with Crippen molar-refractivity contribution in [3.63, 3.8) is 0 Å². The zero-order valence-electron chi connectivity index (χ0n) is 19.0. The van der Waals surface area contributed by atoms with Gasteiger partial charge in [0.15, 0.2) is 0 Å². The molecule has 1 unspecified atom stereocenters. The lowest BCUT2D eigenvalue weighted by Crippen LogP contribution is -2.43. The van der Waals surface area contributed by atoms with Crippen LogP contribution in [0.15, 0.2) is 60.0 Å². The van der Waals surface area contributed by atoms with Gasteiger partial charge in [0.2, 0.25) is 15.9 Å². The summed E-state index contributed by atoms with van der Waals surface area (Å²) in [5.74, 6) is 0.573. The molecule has 0 saturated carbocycles. The van der Waals surface area contributed by atoms with Crippen LogP contribution < -0.4 is 5.32 Å². The van der Waals surface area contributed by atoms with Crippen LogP contribution in [0, 0.1) is 5.92 Å². The number of benzene rings is 2. The Morgan fingerprint density at radius 3 is 2.48 bits per heavy atom. The minimum Gasteiger partial charge on any atom is -0.346 e. The molecule has 1 amide bonds. The second-order valence-electron chi connectivity index (χ2n) is 8.36. The lowest BCUT2D eigenvalue weighted by Gasteiger charge is -2.30. The molecule has 33 heavy (non-hydrogen) atoms. The molecule has 1 saturated heterocycles. The van der Waals surface area contributed by atoms with Crippen LogP contribution in [0.25, 0.3) is 17.1 Å². The minimum atomic E-state index is -3.51. The van der Waals surface area contributed by atoms with Crippen molar-refractivity contribution in [2.75, 3.05) is 13.1 Å². The number of imidazole rings is 1. The van der Waals surface area contributed by atoms with Gasteiger partial charge in [-0.2, -0.15) is 4.31 Å². The smallest absolute Gasteiger partial charge is 0.236 e. The predicted molar refractivity (Wildman–Crippen MR) is 131 cm³/mol. The van der Waals surface area contributed by atoms with Crippen LogP contribution in [0.2, 0.25) is 0 Å². The Kier molecular flexibility index (Phi) is 6.95. The van der Waals surface area contributed by atoms with Crippen molar-refractivity contribution in [2.24, 2.45) is 5.92 Å². The zero-order chi connectivity index (χ0) is 23.4. The van der Waals surface area contributed by atoms with Crippen molar-refractivity contribution < 1.29 is 13.2 Å². The Bertz CT molecular complexity index is 1240. The molecular formula is C25H30N4O3S. The van der Waals surface area contributed by atoms with E-state index < -0.39 is 10.0 Å². The topological polar surface area (TPSA) is 84.3 Å². The molecule has 4 rings (SSSR count). The summed E-state index contributed by atoms with van der Waals surface area (Å²) in [5.41, 5.74) is 2.80. The second-order valence-corrected chi connectivity index (χ2v) is 10.2. The number of piperidine rings is 1. The zero-order valence-corrected chi connectivity index (χ0v) is 19.8. The summed E-state index contributed by atoms with van der Waals surface area (Å²) in [6.07, 6.45) is 2.61. The predicted octanol–water partition coefficient (Wildman–Crippen LogP) is 3.95. The van der Waals surface area contributed by atoms with E-state index >= 15 is 0 Å². The van der Waals surface area contributed by atoms with Crippen LogP contribution >= 0.6 is 0 Å². The lowest BCUT2D eigenvalue weighted by molar-refractivity contribution is -0.126. The maximum atomic E-state index is 12.9. The molecule has 1 aliphatic heterocycles. The fourth-order valence-electron chi connectivity index (χ4n) is 4.34. The standard InChI is InChI=1S/C25H30N4O3S/c1-3-29-23-12-8-7-11-22(23)27-24(29)19(2)26-25(30)21-13-16-28(17-14-21)33(31,32)18-15-20-9-5-4-6-10-20/h4-12,15,18-19,21H,3,13-14,16-17H2,1-2H3,(H,26,30)/b18-15+. The summed E-state index contributed by atoms with van der Waals surface area (Å²) in [7, 11) is -3.51. The van der Waals surface area contributed by atoms with E-state index in [0.29, 0.717) is 25.9 Å². The summed E-state index contributed by atoms with van der Waals surface area (Å²) in [6.45, 7) is 5.44. The van der Waals surface area contributed by atoms with Gasteiger partial charge in [-0.1, -0.05) is 42.5 Å². The van der Waals surface area contributed by atoms with Gasteiger partial charge in [0.1, 0.15) is 5.82 Å². The molecule has 3 aromatic rings. The Balaban J connectivity index is 1.36. The molecule has 0 bridgehead atoms. The summed E-state index contributed by atoms with van der Waals surface area (Å²) < 4.78 is 28.9. The molecule has 1 N–H and O–H groups in total. The van der Waals surface area contributed by atoms with E-state index in [0.717, 1.165) is 29.0 Å². The number of hydrogen-bond donors (Lipinski definition) is 1. The molecule has 174 valence electrons. The number of fused-ring (bicyclic) bond motifs is 1. The average molecular weight is 467 g/mol. The van der Waals surface area contributed by atoms with Gasteiger partial charge < -0.3 is 9.88 Å². The molecule has 7 nitrogen and oxygen atoms in total. The highest BCUT2D eigenvalue weighted by Gasteiger charge is 2.31. The van der Waals surface area contributed by atoms with E-state index in [1.54, 1.807) is 6.08 Å². The highest BCUT2D eigenvalue weighted by atomic mass is 32.2. The second kappa shape index (κ2) is 9.89. The van der Waals surface area contributed by atoms with Crippen LogP contribution in [0.3, 0.4) is 0 Å². The minimum absolute atomic E-state index is 0.0471. The third kappa shape index (κ3) is 5.17. The molecule has 1 atom stereocenters. The molecule has 1 aromatic heterocycles. The van der Waals surface area contributed by atoms with Gasteiger partial charge in [0, 0.05) is 31.0 Å². The number of para-hydroxylation sites is 2. The van der Waals surface area contributed by atoms with Crippen LogP contribution in [0.1, 0.15) is 44.1 Å². The summed E-state index contributed by atoms with van der Waals surface area (Å²) in [6, 6.07) is 17.1. The van der Waals surface area contributed by atoms with Gasteiger partial charge in [-0.05, 0) is 50.5 Å². The Morgan fingerprint density at radius 1 is 1.12 bits per heavy atom. The van der Waals surface area contributed by atoms with Crippen LogP contribution in [0.5, 0.6) is 0 Å². The van der Waals surface area contributed by atoms with Crippen molar-refractivity contribution in [1.82, 2.24) is 19.2 Å². The van der Waals surface area contributed by atoms with E-state index in [4.69, 9.17) is 4.98 Å². The first-order valence-electron chi connectivity index (χ1n) is 11.4. The molecule has 2 heterocycles. The molecular weight excluding hydrogens is 436 g/mol. The molecule has 0 spiro atoms. The summed E-state index contributed by atoms with van der Waals surface area (Å²) in [5, 5.41) is 4.35. The summed E-state index contributed by atoms with van der Waals surface area (Å²) in [4.78, 5) is 17.7. The molecule has 2 aromatic carbocycles. The number of carbonyl (C=O) groups excluding carboxylic acids is 1. The first-order chi connectivity index (χ1) is 15.9. The number of aryl methyl sites for hydroxylation is 1. The third-order valence-corrected chi connectivity index (χ3v) is 7.73. The number of rotatable bonds is 7. The third-order valence-electron chi connectivity index (χ3n) is 6.16. The van der Waals surface area contributed by atoms with Crippen molar-refractivity contribution in [2.45, 2.75) is 39.3 Å². The normalized spacial score (nSPS) is 16.9. The number of carbonyl (C=O) groups is 1. The molecule has 1 aliphatic rings.